The summed E-state index contributed by atoms with van der Waals surface area (Å²) in [6.07, 6.45) is 2.33. The van der Waals surface area contributed by atoms with Crippen LogP contribution in [0.5, 0.6) is 0 Å². The number of likely N-dealkylation sites (N-methyl/N-ethyl adjacent to an activating group) is 1. The normalized spacial score (nSPS) is 25.3. The molecule has 0 amide bonds. The number of rotatable bonds is 3. The topological polar surface area (TPSA) is 36.4 Å². The van der Waals surface area contributed by atoms with Gasteiger partial charge in [0.15, 0.2) is 0 Å². The molecule has 1 saturated heterocycles. The first-order valence-corrected chi connectivity index (χ1v) is 7.14. The van der Waals surface area contributed by atoms with E-state index < -0.39 is 0 Å². The Morgan fingerprint density at radius 2 is 2.60 bits per heavy atom. The second-order valence-electron chi connectivity index (χ2n) is 3.86. The molecule has 3 nitrogen and oxygen atoms in total. The number of aliphatic hydroxyl groups is 1. The molecule has 1 aromatic rings. The molecule has 2 rings (SSSR count). The van der Waals surface area contributed by atoms with E-state index in [4.69, 9.17) is 0 Å². The molecule has 15 heavy (non-hydrogen) atoms. The highest BCUT2D eigenvalue weighted by molar-refractivity contribution is 7.99. The third kappa shape index (κ3) is 2.93. The molecule has 0 radical (unpaired) electrons. The lowest BCUT2D eigenvalue weighted by molar-refractivity contribution is 0.0769. The van der Waals surface area contributed by atoms with Gasteiger partial charge in [-0.25, -0.2) is 0 Å². The molecule has 0 aromatic carbocycles. The molecule has 1 aliphatic heterocycles. The minimum absolute atomic E-state index is 0.261. The number of hydrogen-bond donors (Lipinski definition) is 1. The fourth-order valence-corrected chi connectivity index (χ4v) is 3.74. The first-order valence-electron chi connectivity index (χ1n) is 5.11. The lowest BCUT2D eigenvalue weighted by atomic mass is 10.1. The monoisotopic (exact) mass is 244 g/mol. The fourth-order valence-electron chi connectivity index (χ4n) is 1.80. The van der Waals surface area contributed by atoms with E-state index in [1.807, 2.05) is 23.5 Å². The van der Waals surface area contributed by atoms with Crippen LogP contribution in [-0.4, -0.2) is 52.2 Å². The van der Waals surface area contributed by atoms with Gasteiger partial charge in [0, 0.05) is 41.6 Å². The molecule has 0 bridgehead atoms. The SMILES string of the molecule is CN1CCSCC1C(O)Cc1cncs1. The first kappa shape index (κ1) is 11.4. The Bertz CT molecular complexity index is 292. The molecule has 1 N–H and O–H groups in total. The molecule has 1 aromatic heterocycles. The Balaban J connectivity index is 1.91. The van der Waals surface area contributed by atoms with Gasteiger partial charge >= 0.3 is 0 Å². The van der Waals surface area contributed by atoms with Crippen molar-refractivity contribution in [2.75, 3.05) is 25.1 Å². The smallest absolute Gasteiger partial charge is 0.0794 e. The van der Waals surface area contributed by atoms with E-state index in [-0.39, 0.29) is 6.10 Å². The molecule has 2 heterocycles. The summed E-state index contributed by atoms with van der Waals surface area (Å²) in [6.45, 7) is 1.08. The van der Waals surface area contributed by atoms with Gasteiger partial charge in [-0.2, -0.15) is 11.8 Å². The van der Waals surface area contributed by atoms with E-state index in [9.17, 15) is 5.11 Å². The van der Waals surface area contributed by atoms with Gasteiger partial charge in [0.1, 0.15) is 0 Å². The average molecular weight is 244 g/mol. The van der Waals surface area contributed by atoms with Gasteiger partial charge in [-0.05, 0) is 7.05 Å². The molecule has 0 saturated carbocycles. The Morgan fingerprint density at radius 3 is 3.27 bits per heavy atom. The van der Waals surface area contributed by atoms with Crippen molar-refractivity contribution in [1.29, 1.82) is 0 Å². The third-order valence-corrected chi connectivity index (χ3v) is 4.63. The molecule has 1 fully saturated rings. The number of aromatic nitrogens is 1. The Kier molecular flexibility index (Phi) is 4.02. The summed E-state index contributed by atoms with van der Waals surface area (Å²) in [6, 6.07) is 0.297. The van der Waals surface area contributed by atoms with Crippen LogP contribution in [0.1, 0.15) is 4.88 Å². The second kappa shape index (κ2) is 5.30. The molecular weight excluding hydrogens is 228 g/mol. The summed E-state index contributed by atoms with van der Waals surface area (Å²) >= 11 is 3.55. The summed E-state index contributed by atoms with van der Waals surface area (Å²) in [7, 11) is 2.10. The highest BCUT2D eigenvalue weighted by Gasteiger charge is 2.26. The van der Waals surface area contributed by atoms with Crippen molar-refractivity contribution in [3.05, 3.63) is 16.6 Å². The lowest BCUT2D eigenvalue weighted by Crippen LogP contribution is -2.47. The fraction of sp³-hybridized carbons (Fsp3) is 0.700. The summed E-state index contributed by atoms with van der Waals surface area (Å²) in [5.41, 5.74) is 1.82. The highest BCUT2D eigenvalue weighted by Crippen LogP contribution is 2.20. The van der Waals surface area contributed by atoms with E-state index in [0.717, 1.165) is 18.7 Å². The van der Waals surface area contributed by atoms with E-state index in [0.29, 0.717) is 6.04 Å². The van der Waals surface area contributed by atoms with Crippen LogP contribution in [-0.2, 0) is 6.42 Å². The minimum Gasteiger partial charge on any atom is -0.391 e. The van der Waals surface area contributed by atoms with Crippen molar-refractivity contribution in [2.24, 2.45) is 0 Å². The van der Waals surface area contributed by atoms with Crippen LogP contribution in [0.4, 0.5) is 0 Å². The number of hydrogen-bond acceptors (Lipinski definition) is 5. The van der Waals surface area contributed by atoms with Crippen molar-refractivity contribution >= 4 is 23.1 Å². The maximum absolute atomic E-state index is 10.1. The van der Waals surface area contributed by atoms with Crippen LogP contribution in [0.25, 0.3) is 0 Å². The van der Waals surface area contributed by atoms with Gasteiger partial charge in [-0.15, -0.1) is 11.3 Å². The number of thiazole rings is 1. The van der Waals surface area contributed by atoms with Gasteiger partial charge in [0.25, 0.3) is 0 Å². The minimum atomic E-state index is -0.261. The highest BCUT2D eigenvalue weighted by atomic mass is 32.2. The van der Waals surface area contributed by atoms with E-state index in [2.05, 4.69) is 16.9 Å². The molecule has 1 aliphatic rings. The summed E-state index contributed by atoms with van der Waals surface area (Å²) in [5.74, 6) is 2.22. The zero-order chi connectivity index (χ0) is 10.7. The van der Waals surface area contributed by atoms with E-state index >= 15 is 0 Å². The predicted molar refractivity (Wildman–Crippen MR) is 65.6 cm³/mol. The van der Waals surface area contributed by atoms with Gasteiger partial charge < -0.3 is 5.11 Å². The number of aliphatic hydroxyl groups excluding tert-OH is 1. The first-order chi connectivity index (χ1) is 7.27. The Hall–Kier alpha value is -0.100. The van der Waals surface area contributed by atoms with Gasteiger partial charge in [0.05, 0.1) is 11.6 Å². The van der Waals surface area contributed by atoms with Crippen molar-refractivity contribution in [2.45, 2.75) is 18.6 Å². The number of nitrogens with zero attached hydrogens (tertiary/aromatic N) is 2. The molecule has 84 valence electrons. The van der Waals surface area contributed by atoms with Crippen molar-refractivity contribution in [3.63, 3.8) is 0 Å². The molecule has 0 aliphatic carbocycles. The van der Waals surface area contributed by atoms with Gasteiger partial charge in [0.2, 0.25) is 0 Å². The van der Waals surface area contributed by atoms with Crippen LogP contribution in [0, 0.1) is 0 Å². The second-order valence-corrected chi connectivity index (χ2v) is 5.98. The van der Waals surface area contributed by atoms with Crippen molar-refractivity contribution < 1.29 is 5.11 Å². The standard InChI is InChI=1S/C10H16N2OS2/c1-12-2-3-14-6-9(12)10(13)4-8-5-11-7-15-8/h5,7,9-10,13H,2-4,6H2,1H3. The van der Waals surface area contributed by atoms with Crippen molar-refractivity contribution in [3.8, 4) is 0 Å². The zero-order valence-electron chi connectivity index (χ0n) is 8.80. The molecule has 2 unspecified atom stereocenters. The Labute approximate surface area is 98.5 Å². The van der Waals surface area contributed by atoms with Gasteiger partial charge in [-0.3, -0.25) is 9.88 Å². The summed E-state index contributed by atoms with van der Waals surface area (Å²) in [4.78, 5) is 7.47. The van der Waals surface area contributed by atoms with E-state index in [1.54, 1.807) is 11.3 Å². The Morgan fingerprint density at radius 1 is 1.73 bits per heavy atom. The van der Waals surface area contributed by atoms with Crippen molar-refractivity contribution in [1.82, 2.24) is 9.88 Å². The maximum Gasteiger partial charge on any atom is 0.0794 e. The van der Waals surface area contributed by atoms with Crippen LogP contribution >= 0.6 is 23.1 Å². The van der Waals surface area contributed by atoms with Crippen LogP contribution in [0.2, 0.25) is 0 Å². The van der Waals surface area contributed by atoms with Crippen LogP contribution in [0.15, 0.2) is 11.7 Å². The molecule has 0 spiro atoms. The van der Waals surface area contributed by atoms with E-state index in [1.165, 1.54) is 10.6 Å². The van der Waals surface area contributed by atoms with Gasteiger partial charge in [-0.1, -0.05) is 0 Å². The largest absolute Gasteiger partial charge is 0.391 e. The zero-order valence-corrected chi connectivity index (χ0v) is 10.4. The lowest BCUT2D eigenvalue weighted by Gasteiger charge is -2.35. The quantitative estimate of drug-likeness (QED) is 0.863. The molecular formula is C10H16N2OS2. The summed E-state index contributed by atoms with van der Waals surface area (Å²) < 4.78 is 0. The molecule has 2 atom stereocenters. The maximum atomic E-state index is 10.1. The third-order valence-electron chi connectivity index (χ3n) is 2.78. The predicted octanol–water partition coefficient (Wildman–Crippen LogP) is 1.09. The summed E-state index contributed by atoms with van der Waals surface area (Å²) in [5, 5.41) is 10.1. The number of thioether (sulfide) groups is 1. The average Bonchev–Trinajstić information content (AvgIpc) is 2.71. The van der Waals surface area contributed by atoms with Crippen LogP contribution in [0.3, 0.4) is 0 Å². The molecule has 5 heteroatoms. The van der Waals surface area contributed by atoms with Crippen LogP contribution < -0.4 is 0 Å².